The highest BCUT2D eigenvalue weighted by Gasteiger charge is 2.42. The fraction of sp³-hybridized carbons (Fsp3) is 0.353. The van der Waals surface area contributed by atoms with Gasteiger partial charge in [-0.2, -0.15) is 0 Å². The van der Waals surface area contributed by atoms with Gasteiger partial charge in [0.05, 0.1) is 6.10 Å². The van der Waals surface area contributed by atoms with Gasteiger partial charge in [-0.05, 0) is 49.9 Å². The molecular weight excluding hydrogens is 248 g/mol. The molecule has 104 valence electrons. The predicted octanol–water partition coefficient (Wildman–Crippen LogP) is 3.48. The van der Waals surface area contributed by atoms with Crippen molar-refractivity contribution in [2.45, 2.75) is 38.3 Å². The molecule has 1 aliphatic carbocycles. The van der Waals surface area contributed by atoms with E-state index in [0.29, 0.717) is 0 Å². The topological polar surface area (TPSA) is 48.1 Å². The summed E-state index contributed by atoms with van der Waals surface area (Å²) in [4.78, 5) is 4.25. The van der Waals surface area contributed by atoms with Gasteiger partial charge in [-0.1, -0.05) is 18.2 Å². The molecule has 0 amide bonds. The van der Waals surface area contributed by atoms with Crippen LogP contribution in [-0.4, -0.2) is 11.1 Å². The van der Waals surface area contributed by atoms with Crippen LogP contribution in [0.2, 0.25) is 0 Å². The monoisotopic (exact) mass is 268 g/mol. The molecule has 1 aliphatic rings. The van der Waals surface area contributed by atoms with Crippen LogP contribution in [0.4, 0.5) is 0 Å². The smallest absolute Gasteiger partial charge is 0.127 e. The lowest BCUT2D eigenvalue weighted by Gasteiger charge is -2.18. The second kappa shape index (κ2) is 4.91. The van der Waals surface area contributed by atoms with Gasteiger partial charge < -0.3 is 10.5 Å². The molecule has 1 aromatic carbocycles. The van der Waals surface area contributed by atoms with Crippen LogP contribution in [0.1, 0.15) is 32.3 Å². The van der Waals surface area contributed by atoms with Gasteiger partial charge in [-0.15, -0.1) is 0 Å². The van der Waals surface area contributed by atoms with Crippen LogP contribution in [0.3, 0.4) is 0 Å². The second-order valence-corrected chi connectivity index (χ2v) is 5.74. The minimum atomic E-state index is -0.200. The number of pyridine rings is 1. The Labute approximate surface area is 119 Å². The fourth-order valence-electron chi connectivity index (χ4n) is 2.48. The highest BCUT2D eigenvalue weighted by Crippen LogP contribution is 2.47. The minimum absolute atomic E-state index is 0.147. The number of rotatable bonds is 4. The number of nitrogens with two attached hydrogens (primary N) is 1. The molecule has 1 saturated carbocycles. The summed E-state index contributed by atoms with van der Waals surface area (Å²) in [5.74, 6) is 0.902. The Morgan fingerprint density at radius 3 is 2.60 bits per heavy atom. The van der Waals surface area contributed by atoms with Crippen molar-refractivity contribution in [2.24, 2.45) is 5.73 Å². The van der Waals surface area contributed by atoms with Crippen LogP contribution in [0.15, 0.2) is 42.7 Å². The van der Waals surface area contributed by atoms with Crippen molar-refractivity contribution in [3.8, 4) is 16.9 Å². The largest absolute Gasteiger partial charge is 0.490 e. The van der Waals surface area contributed by atoms with Crippen LogP contribution >= 0.6 is 0 Å². The first-order chi connectivity index (χ1) is 9.60. The average molecular weight is 268 g/mol. The van der Waals surface area contributed by atoms with E-state index in [1.807, 2.05) is 50.5 Å². The molecule has 1 fully saturated rings. The summed E-state index contributed by atoms with van der Waals surface area (Å²) in [6.45, 7) is 4.07. The lowest BCUT2D eigenvalue weighted by molar-refractivity contribution is 0.243. The summed E-state index contributed by atoms with van der Waals surface area (Å²) in [6, 6.07) is 10.2. The molecule has 2 N–H and O–H groups in total. The second-order valence-electron chi connectivity index (χ2n) is 5.74. The summed E-state index contributed by atoms with van der Waals surface area (Å²) in [7, 11) is 0. The van der Waals surface area contributed by atoms with Gasteiger partial charge in [0.15, 0.2) is 0 Å². The molecule has 3 rings (SSSR count). The van der Waals surface area contributed by atoms with Gasteiger partial charge in [0.1, 0.15) is 5.75 Å². The standard InChI is InChI=1S/C17H20N2O/c1-12(2)20-16-6-4-3-5-14(16)13-7-10-19-11-15(13)17(18)8-9-17/h3-7,10-12H,8-9,18H2,1-2H3. The van der Waals surface area contributed by atoms with E-state index >= 15 is 0 Å². The van der Waals surface area contributed by atoms with Gasteiger partial charge in [-0.25, -0.2) is 0 Å². The molecule has 1 heterocycles. The lowest BCUT2D eigenvalue weighted by atomic mass is 9.95. The van der Waals surface area contributed by atoms with E-state index in [1.165, 1.54) is 0 Å². The maximum absolute atomic E-state index is 6.38. The number of aromatic nitrogens is 1. The van der Waals surface area contributed by atoms with E-state index in [2.05, 4.69) is 11.1 Å². The molecule has 3 heteroatoms. The maximum atomic E-state index is 6.38. The van der Waals surface area contributed by atoms with Crippen molar-refractivity contribution in [3.63, 3.8) is 0 Å². The van der Waals surface area contributed by atoms with E-state index in [4.69, 9.17) is 10.5 Å². The third-order valence-corrected chi connectivity index (χ3v) is 3.69. The Morgan fingerprint density at radius 2 is 1.90 bits per heavy atom. The van der Waals surface area contributed by atoms with Gasteiger partial charge in [0.25, 0.3) is 0 Å². The molecule has 2 aromatic rings. The van der Waals surface area contributed by atoms with E-state index in [0.717, 1.165) is 35.3 Å². The zero-order valence-corrected chi connectivity index (χ0v) is 12.0. The minimum Gasteiger partial charge on any atom is -0.490 e. The molecule has 0 saturated heterocycles. The van der Waals surface area contributed by atoms with Crippen molar-refractivity contribution in [2.75, 3.05) is 0 Å². The molecule has 0 atom stereocenters. The summed E-state index contributed by atoms with van der Waals surface area (Å²) >= 11 is 0. The van der Waals surface area contributed by atoms with Gasteiger partial charge in [0.2, 0.25) is 0 Å². The summed E-state index contributed by atoms with van der Waals surface area (Å²) < 4.78 is 5.93. The molecular formula is C17H20N2O. The maximum Gasteiger partial charge on any atom is 0.127 e. The van der Waals surface area contributed by atoms with E-state index < -0.39 is 0 Å². The quantitative estimate of drug-likeness (QED) is 0.923. The van der Waals surface area contributed by atoms with Crippen molar-refractivity contribution < 1.29 is 4.74 Å². The summed E-state index contributed by atoms with van der Waals surface area (Å²) in [5.41, 5.74) is 9.53. The molecule has 0 unspecified atom stereocenters. The Morgan fingerprint density at radius 1 is 1.15 bits per heavy atom. The Kier molecular flexibility index (Phi) is 3.22. The number of benzene rings is 1. The highest BCUT2D eigenvalue weighted by molar-refractivity contribution is 5.74. The third-order valence-electron chi connectivity index (χ3n) is 3.69. The molecule has 0 radical (unpaired) electrons. The van der Waals surface area contributed by atoms with Gasteiger partial charge in [0, 0.05) is 23.5 Å². The molecule has 20 heavy (non-hydrogen) atoms. The molecule has 1 aromatic heterocycles. The van der Waals surface area contributed by atoms with E-state index in [1.54, 1.807) is 0 Å². The molecule has 0 spiro atoms. The molecule has 0 aliphatic heterocycles. The third kappa shape index (κ3) is 2.41. The summed E-state index contributed by atoms with van der Waals surface area (Å²) in [6.07, 6.45) is 5.91. The first-order valence-electron chi connectivity index (χ1n) is 7.09. The van der Waals surface area contributed by atoms with E-state index in [-0.39, 0.29) is 11.6 Å². The fourth-order valence-corrected chi connectivity index (χ4v) is 2.48. The van der Waals surface area contributed by atoms with Crippen LogP contribution < -0.4 is 10.5 Å². The Balaban J connectivity index is 2.10. The first kappa shape index (κ1) is 13.1. The Bertz CT molecular complexity index is 618. The van der Waals surface area contributed by atoms with Crippen molar-refractivity contribution in [1.29, 1.82) is 0 Å². The number of nitrogens with zero attached hydrogens (tertiary/aromatic N) is 1. The first-order valence-corrected chi connectivity index (χ1v) is 7.09. The highest BCUT2D eigenvalue weighted by atomic mass is 16.5. The molecule has 0 bridgehead atoms. The zero-order valence-electron chi connectivity index (χ0n) is 12.0. The average Bonchev–Trinajstić information content (AvgIpc) is 3.18. The summed E-state index contributed by atoms with van der Waals surface area (Å²) in [5, 5.41) is 0. The van der Waals surface area contributed by atoms with E-state index in [9.17, 15) is 0 Å². The Hall–Kier alpha value is -1.87. The van der Waals surface area contributed by atoms with Crippen molar-refractivity contribution in [1.82, 2.24) is 4.98 Å². The van der Waals surface area contributed by atoms with Crippen molar-refractivity contribution >= 4 is 0 Å². The van der Waals surface area contributed by atoms with Crippen molar-refractivity contribution in [3.05, 3.63) is 48.3 Å². The van der Waals surface area contributed by atoms with Crippen LogP contribution in [-0.2, 0) is 5.54 Å². The van der Waals surface area contributed by atoms with Gasteiger partial charge in [-0.3, -0.25) is 4.98 Å². The molecule has 3 nitrogen and oxygen atoms in total. The number of hydrogen-bond donors (Lipinski definition) is 1. The number of hydrogen-bond acceptors (Lipinski definition) is 3. The van der Waals surface area contributed by atoms with Crippen LogP contribution in [0.25, 0.3) is 11.1 Å². The number of para-hydroxylation sites is 1. The van der Waals surface area contributed by atoms with Crippen LogP contribution in [0.5, 0.6) is 5.75 Å². The number of ether oxygens (including phenoxy) is 1. The van der Waals surface area contributed by atoms with Crippen LogP contribution in [0, 0.1) is 0 Å². The lowest BCUT2D eigenvalue weighted by Crippen LogP contribution is -2.20. The predicted molar refractivity (Wildman–Crippen MR) is 80.5 cm³/mol. The normalized spacial score (nSPS) is 16.2. The SMILES string of the molecule is CC(C)Oc1ccccc1-c1ccncc1C1(N)CC1. The zero-order chi connectivity index (χ0) is 14.2. The van der Waals surface area contributed by atoms with Gasteiger partial charge >= 0.3 is 0 Å².